The summed E-state index contributed by atoms with van der Waals surface area (Å²) in [5.41, 5.74) is 1.48. The maximum atomic E-state index is 12.2. The van der Waals surface area contributed by atoms with E-state index < -0.39 is 0 Å². The predicted octanol–water partition coefficient (Wildman–Crippen LogP) is 2.87. The van der Waals surface area contributed by atoms with E-state index in [1.807, 2.05) is 36.4 Å². The molecule has 1 aromatic carbocycles. The van der Waals surface area contributed by atoms with Crippen molar-refractivity contribution in [1.82, 2.24) is 14.2 Å². The van der Waals surface area contributed by atoms with E-state index in [-0.39, 0.29) is 30.7 Å². The van der Waals surface area contributed by atoms with Gasteiger partial charge in [-0.3, -0.25) is 9.20 Å². The molecule has 6 nitrogen and oxygen atoms in total. The number of hydrogen-bond donors (Lipinski definition) is 0. The van der Waals surface area contributed by atoms with Crippen LogP contribution in [0.2, 0.25) is 0 Å². The van der Waals surface area contributed by atoms with Gasteiger partial charge in [-0.2, -0.15) is 0 Å². The third-order valence-electron chi connectivity index (χ3n) is 4.47. The van der Waals surface area contributed by atoms with Crippen molar-refractivity contribution in [2.45, 2.75) is 32.7 Å². The van der Waals surface area contributed by atoms with Gasteiger partial charge in [0.15, 0.2) is 5.65 Å². The minimum atomic E-state index is -0.260. The number of rotatable bonds is 7. The van der Waals surface area contributed by atoms with Gasteiger partial charge < -0.3 is 4.74 Å². The monoisotopic (exact) mass is 353 g/mol. The molecule has 0 aliphatic heterocycles. The van der Waals surface area contributed by atoms with Crippen LogP contribution in [-0.4, -0.2) is 26.8 Å². The topological polar surface area (TPSA) is 65.6 Å². The minimum absolute atomic E-state index is 0.113. The van der Waals surface area contributed by atoms with Crippen LogP contribution >= 0.6 is 0 Å². The molecule has 0 bridgehead atoms. The second kappa shape index (κ2) is 7.99. The molecule has 3 rings (SSSR count). The molecule has 3 aromatic rings. The number of pyridine rings is 1. The number of carbonyl (C=O) groups excluding carboxylic acids is 1. The van der Waals surface area contributed by atoms with Crippen molar-refractivity contribution in [1.29, 1.82) is 0 Å². The van der Waals surface area contributed by atoms with E-state index in [0.717, 1.165) is 5.56 Å². The molecule has 0 saturated heterocycles. The molecule has 0 radical (unpaired) electrons. The summed E-state index contributed by atoms with van der Waals surface area (Å²) in [5, 5.41) is 4.22. The Kier molecular flexibility index (Phi) is 5.51. The van der Waals surface area contributed by atoms with Crippen LogP contribution in [0.15, 0.2) is 59.5 Å². The van der Waals surface area contributed by atoms with Crippen molar-refractivity contribution in [3.8, 4) is 0 Å². The van der Waals surface area contributed by atoms with Crippen molar-refractivity contribution in [3.63, 3.8) is 0 Å². The molecule has 0 fully saturated rings. The Balaban J connectivity index is 1.58. The lowest BCUT2D eigenvalue weighted by Crippen LogP contribution is -2.24. The Morgan fingerprint density at radius 1 is 1.12 bits per heavy atom. The van der Waals surface area contributed by atoms with Gasteiger partial charge >= 0.3 is 11.7 Å². The number of esters is 1. The fraction of sp³-hybridized carbons (Fsp3) is 0.350. The first-order valence-electron chi connectivity index (χ1n) is 8.81. The van der Waals surface area contributed by atoms with E-state index in [4.69, 9.17) is 4.74 Å². The fourth-order valence-electron chi connectivity index (χ4n) is 3.04. The summed E-state index contributed by atoms with van der Waals surface area (Å²) in [7, 11) is 0. The lowest BCUT2D eigenvalue weighted by Gasteiger charge is -2.20. The lowest BCUT2D eigenvalue weighted by atomic mass is 9.86. The molecule has 1 atom stereocenters. The SMILES string of the molecule is CC(C)C(CC(=O)OCCn1nc2ccccn2c1=O)c1ccccc1. The van der Waals surface area contributed by atoms with Gasteiger partial charge in [-0.15, -0.1) is 5.10 Å². The maximum Gasteiger partial charge on any atom is 0.350 e. The summed E-state index contributed by atoms with van der Waals surface area (Å²) in [6.07, 6.45) is 1.99. The van der Waals surface area contributed by atoms with Gasteiger partial charge in [0, 0.05) is 6.20 Å². The molecule has 136 valence electrons. The standard InChI is InChI=1S/C20H23N3O3/c1-15(2)17(16-8-4-3-5-9-16)14-19(24)26-13-12-23-20(25)22-11-7-6-10-18(22)21-23/h3-11,15,17H,12-14H2,1-2H3. The highest BCUT2D eigenvalue weighted by Crippen LogP contribution is 2.28. The number of fused-ring (bicyclic) bond motifs is 1. The van der Waals surface area contributed by atoms with Crippen molar-refractivity contribution in [3.05, 3.63) is 70.8 Å². The van der Waals surface area contributed by atoms with E-state index in [2.05, 4.69) is 18.9 Å². The van der Waals surface area contributed by atoms with Crippen LogP contribution in [0.3, 0.4) is 0 Å². The Bertz CT molecular complexity index is 928. The van der Waals surface area contributed by atoms with Crippen LogP contribution in [0.1, 0.15) is 31.7 Å². The van der Waals surface area contributed by atoms with Crippen molar-refractivity contribution < 1.29 is 9.53 Å². The van der Waals surface area contributed by atoms with E-state index in [1.54, 1.807) is 18.3 Å². The number of aromatic nitrogens is 3. The summed E-state index contributed by atoms with van der Waals surface area (Å²) < 4.78 is 8.13. The largest absolute Gasteiger partial charge is 0.464 e. The first kappa shape index (κ1) is 17.9. The normalized spacial score (nSPS) is 12.4. The van der Waals surface area contributed by atoms with E-state index in [9.17, 15) is 9.59 Å². The summed E-state index contributed by atoms with van der Waals surface area (Å²) in [4.78, 5) is 24.4. The highest BCUT2D eigenvalue weighted by molar-refractivity contribution is 5.70. The molecule has 2 aromatic heterocycles. The van der Waals surface area contributed by atoms with Gasteiger partial charge in [0.1, 0.15) is 6.61 Å². The zero-order chi connectivity index (χ0) is 18.5. The molecular formula is C20H23N3O3. The average Bonchev–Trinajstić information content (AvgIpc) is 2.96. The van der Waals surface area contributed by atoms with E-state index >= 15 is 0 Å². The lowest BCUT2D eigenvalue weighted by molar-refractivity contribution is -0.144. The number of carbonyl (C=O) groups is 1. The van der Waals surface area contributed by atoms with Crippen LogP contribution in [-0.2, 0) is 16.1 Å². The molecule has 0 amide bonds. The quantitative estimate of drug-likeness (QED) is 0.613. The van der Waals surface area contributed by atoms with Crippen LogP contribution in [0.5, 0.6) is 0 Å². The number of hydrogen-bond acceptors (Lipinski definition) is 4. The summed E-state index contributed by atoms with van der Waals surface area (Å²) in [5.74, 6) is 0.178. The number of nitrogens with zero attached hydrogens (tertiary/aromatic N) is 3. The van der Waals surface area contributed by atoms with Gasteiger partial charge in [0.25, 0.3) is 0 Å². The molecular weight excluding hydrogens is 330 g/mol. The number of benzene rings is 1. The molecule has 26 heavy (non-hydrogen) atoms. The van der Waals surface area contributed by atoms with Crippen molar-refractivity contribution >= 4 is 11.6 Å². The summed E-state index contributed by atoms with van der Waals surface area (Å²) >= 11 is 0. The summed E-state index contributed by atoms with van der Waals surface area (Å²) in [6.45, 7) is 4.56. The van der Waals surface area contributed by atoms with Crippen LogP contribution in [0, 0.1) is 5.92 Å². The first-order valence-corrected chi connectivity index (χ1v) is 8.81. The van der Waals surface area contributed by atoms with Gasteiger partial charge in [-0.1, -0.05) is 50.2 Å². The molecule has 6 heteroatoms. The molecule has 0 aliphatic rings. The molecule has 0 N–H and O–H groups in total. The van der Waals surface area contributed by atoms with Crippen molar-refractivity contribution in [2.24, 2.45) is 5.92 Å². The summed E-state index contributed by atoms with van der Waals surface area (Å²) in [6, 6.07) is 15.3. The molecule has 1 unspecified atom stereocenters. The van der Waals surface area contributed by atoms with Crippen LogP contribution in [0.25, 0.3) is 5.65 Å². The predicted molar refractivity (Wildman–Crippen MR) is 99.0 cm³/mol. The zero-order valence-corrected chi connectivity index (χ0v) is 15.0. The van der Waals surface area contributed by atoms with Crippen LogP contribution in [0.4, 0.5) is 0 Å². The molecule has 2 heterocycles. The maximum absolute atomic E-state index is 12.2. The zero-order valence-electron chi connectivity index (χ0n) is 15.0. The second-order valence-corrected chi connectivity index (χ2v) is 6.62. The third-order valence-corrected chi connectivity index (χ3v) is 4.47. The molecule has 0 saturated carbocycles. The minimum Gasteiger partial charge on any atom is -0.464 e. The highest BCUT2D eigenvalue weighted by atomic mass is 16.5. The van der Waals surface area contributed by atoms with Gasteiger partial charge in [0.2, 0.25) is 0 Å². The van der Waals surface area contributed by atoms with Gasteiger partial charge in [-0.25, -0.2) is 9.48 Å². The first-order chi connectivity index (χ1) is 12.6. The highest BCUT2D eigenvalue weighted by Gasteiger charge is 2.20. The van der Waals surface area contributed by atoms with Gasteiger partial charge in [0.05, 0.1) is 13.0 Å². The van der Waals surface area contributed by atoms with Crippen molar-refractivity contribution in [2.75, 3.05) is 6.61 Å². The van der Waals surface area contributed by atoms with E-state index in [0.29, 0.717) is 18.0 Å². The third kappa shape index (κ3) is 4.02. The molecule has 0 spiro atoms. The van der Waals surface area contributed by atoms with Gasteiger partial charge in [-0.05, 0) is 29.5 Å². The Hall–Kier alpha value is -2.89. The molecule has 0 aliphatic carbocycles. The fourth-order valence-corrected chi connectivity index (χ4v) is 3.04. The smallest absolute Gasteiger partial charge is 0.350 e. The Labute approximate surface area is 152 Å². The average molecular weight is 353 g/mol. The Morgan fingerprint density at radius 3 is 2.54 bits per heavy atom. The van der Waals surface area contributed by atoms with Crippen LogP contribution < -0.4 is 5.69 Å². The number of ether oxygens (including phenoxy) is 1. The van der Waals surface area contributed by atoms with E-state index in [1.165, 1.54) is 9.08 Å². The Morgan fingerprint density at radius 2 is 1.85 bits per heavy atom. The second-order valence-electron chi connectivity index (χ2n) is 6.62.